The molecule has 18 heavy (non-hydrogen) atoms. The summed E-state index contributed by atoms with van der Waals surface area (Å²) in [4.78, 5) is 12.0. The van der Waals surface area contributed by atoms with Crippen LogP contribution in [0.25, 0.3) is 0 Å². The molecule has 2 unspecified atom stereocenters. The van der Waals surface area contributed by atoms with Crippen LogP contribution in [0.5, 0.6) is 0 Å². The fourth-order valence-corrected chi connectivity index (χ4v) is 3.51. The zero-order valence-electron chi connectivity index (χ0n) is 11.7. The van der Waals surface area contributed by atoms with Gasteiger partial charge in [0.1, 0.15) is 0 Å². The van der Waals surface area contributed by atoms with Gasteiger partial charge in [0.05, 0.1) is 0 Å². The molecule has 3 nitrogen and oxygen atoms in total. The standard InChI is InChI=1S/C15H28N2O/c1-11-3-2-4-14(9-11)17-15(18)10-12-5-7-13(16)8-6-12/h11-14H,2-10,16H2,1H3,(H,17,18). The summed E-state index contributed by atoms with van der Waals surface area (Å²) in [7, 11) is 0. The SMILES string of the molecule is CC1CCCC(NC(=O)CC2CCC(N)CC2)C1. The molecule has 1 amide bonds. The van der Waals surface area contributed by atoms with Crippen molar-refractivity contribution in [2.75, 3.05) is 0 Å². The highest BCUT2D eigenvalue weighted by Gasteiger charge is 2.24. The maximum Gasteiger partial charge on any atom is 0.220 e. The molecule has 0 bridgehead atoms. The summed E-state index contributed by atoms with van der Waals surface area (Å²) in [6.45, 7) is 2.29. The molecule has 2 saturated carbocycles. The molecular formula is C15H28N2O. The third kappa shape index (κ3) is 4.27. The topological polar surface area (TPSA) is 55.1 Å². The smallest absolute Gasteiger partial charge is 0.220 e. The molecule has 0 aliphatic heterocycles. The molecule has 3 N–H and O–H groups in total. The van der Waals surface area contributed by atoms with Crippen LogP contribution in [0, 0.1) is 11.8 Å². The van der Waals surface area contributed by atoms with Gasteiger partial charge in [0.2, 0.25) is 5.91 Å². The predicted molar refractivity (Wildman–Crippen MR) is 74.1 cm³/mol. The fraction of sp³-hybridized carbons (Fsp3) is 0.933. The highest BCUT2D eigenvalue weighted by Crippen LogP contribution is 2.27. The number of rotatable bonds is 3. The lowest BCUT2D eigenvalue weighted by Crippen LogP contribution is -2.39. The van der Waals surface area contributed by atoms with Gasteiger partial charge in [-0.1, -0.05) is 19.8 Å². The van der Waals surface area contributed by atoms with Crippen molar-refractivity contribution in [3.63, 3.8) is 0 Å². The number of amides is 1. The van der Waals surface area contributed by atoms with Gasteiger partial charge in [0.25, 0.3) is 0 Å². The van der Waals surface area contributed by atoms with E-state index in [1.54, 1.807) is 0 Å². The van der Waals surface area contributed by atoms with Gasteiger partial charge in [-0.15, -0.1) is 0 Å². The number of carbonyl (C=O) groups is 1. The molecule has 0 aromatic carbocycles. The van der Waals surface area contributed by atoms with E-state index in [1.165, 1.54) is 25.7 Å². The van der Waals surface area contributed by atoms with Crippen molar-refractivity contribution in [3.05, 3.63) is 0 Å². The quantitative estimate of drug-likeness (QED) is 0.811. The van der Waals surface area contributed by atoms with Crippen molar-refractivity contribution < 1.29 is 4.79 Å². The Hall–Kier alpha value is -0.570. The fourth-order valence-electron chi connectivity index (χ4n) is 3.51. The van der Waals surface area contributed by atoms with Crippen molar-refractivity contribution in [2.24, 2.45) is 17.6 Å². The van der Waals surface area contributed by atoms with Crippen LogP contribution in [-0.2, 0) is 4.79 Å². The summed E-state index contributed by atoms with van der Waals surface area (Å²) in [6.07, 6.45) is 10.1. The molecule has 0 heterocycles. The van der Waals surface area contributed by atoms with E-state index >= 15 is 0 Å². The summed E-state index contributed by atoms with van der Waals surface area (Å²) in [5.41, 5.74) is 5.89. The molecule has 2 aliphatic rings. The minimum absolute atomic E-state index is 0.273. The average molecular weight is 252 g/mol. The normalized spacial score (nSPS) is 37.2. The summed E-state index contributed by atoms with van der Waals surface area (Å²) >= 11 is 0. The molecule has 2 aliphatic carbocycles. The number of hydrogen-bond acceptors (Lipinski definition) is 2. The van der Waals surface area contributed by atoms with Crippen LogP contribution in [0.3, 0.4) is 0 Å². The monoisotopic (exact) mass is 252 g/mol. The van der Waals surface area contributed by atoms with Crippen molar-refractivity contribution in [1.29, 1.82) is 0 Å². The minimum atomic E-state index is 0.273. The second-order valence-electron chi connectivity index (χ2n) is 6.52. The Bertz CT molecular complexity index is 272. The Balaban J connectivity index is 1.68. The Morgan fingerprint density at radius 3 is 2.56 bits per heavy atom. The molecular weight excluding hydrogens is 224 g/mol. The zero-order chi connectivity index (χ0) is 13.0. The van der Waals surface area contributed by atoms with E-state index in [1.807, 2.05) is 0 Å². The lowest BCUT2D eigenvalue weighted by Gasteiger charge is -2.29. The Labute approximate surface area is 111 Å². The molecule has 2 fully saturated rings. The first-order chi connectivity index (χ1) is 8.63. The Morgan fingerprint density at radius 1 is 1.17 bits per heavy atom. The number of nitrogens with one attached hydrogen (secondary N) is 1. The second-order valence-corrected chi connectivity index (χ2v) is 6.52. The van der Waals surface area contributed by atoms with Gasteiger partial charge in [-0.2, -0.15) is 0 Å². The first-order valence-corrected chi connectivity index (χ1v) is 7.68. The van der Waals surface area contributed by atoms with Gasteiger partial charge >= 0.3 is 0 Å². The van der Waals surface area contributed by atoms with Crippen molar-refractivity contribution >= 4 is 5.91 Å². The van der Waals surface area contributed by atoms with E-state index in [2.05, 4.69) is 12.2 Å². The predicted octanol–water partition coefficient (Wildman–Crippen LogP) is 2.59. The van der Waals surface area contributed by atoms with Crippen LogP contribution < -0.4 is 11.1 Å². The molecule has 0 spiro atoms. The average Bonchev–Trinajstić information content (AvgIpc) is 2.32. The Morgan fingerprint density at radius 2 is 1.89 bits per heavy atom. The highest BCUT2D eigenvalue weighted by molar-refractivity contribution is 5.76. The first-order valence-electron chi connectivity index (χ1n) is 7.68. The van der Waals surface area contributed by atoms with Crippen LogP contribution in [0.1, 0.15) is 64.7 Å². The highest BCUT2D eigenvalue weighted by atomic mass is 16.1. The minimum Gasteiger partial charge on any atom is -0.353 e. The summed E-state index contributed by atoms with van der Waals surface area (Å²) in [6, 6.07) is 0.815. The maximum atomic E-state index is 12.0. The maximum absolute atomic E-state index is 12.0. The van der Waals surface area contributed by atoms with Crippen LogP contribution in [0.2, 0.25) is 0 Å². The van der Waals surface area contributed by atoms with E-state index in [-0.39, 0.29) is 5.91 Å². The van der Waals surface area contributed by atoms with Crippen LogP contribution in [-0.4, -0.2) is 18.0 Å². The van der Waals surface area contributed by atoms with E-state index in [0.29, 0.717) is 18.0 Å². The number of nitrogens with two attached hydrogens (primary N) is 1. The van der Waals surface area contributed by atoms with Gasteiger partial charge in [0, 0.05) is 18.5 Å². The molecule has 0 aromatic heterocycles. The number of carbonyl (C=O) groups excluding carboxylic acids is 1. The van der Waals surface area contributed by atoms with Crippen molar-refractivity contribution in [2.45, 2.75) is 76.8 Å². The molecule has 0 radical (unpaired) electrons. The van der Waals surface area contributed by atoms with E-state index in [9.17, 15) is 4.79 Å². The summed E-state index contributed by atoms with van der Waals surface area (Å²) in [5.74, 6) is 1.62. The van der Waals surface area contributed by atoms with E-state index in [0.717, 1.165) is 38.0 Å². The molecule has 0 aromatic rings. The second kappa shape index (κ2) is 6.55. The lowest BCUT2D eigenvalue weighted by atomic mass is 9.84. The Kier molecular flexibility index (Phi) is 5.04. The molecule has 3 heteroatoms. The largest absolute Gasteiger partial charge is 0.353 e. The van der Waals surface area contributed by atoms with E-state index in [4.69, 9.17) is 5.73 Å². The van der Waals surface area contributed by atoms with Gasteiger partial charge in [-0.3, -0.25) is 4.79 Å². The van der Waals surface area contributed by atoms with Crippen molar-refractivity contribution in [1.82, 2.24) is 5.32 Å². The summed E-state index contributed by atoms with van der Waals surface area (Å²) in [5, 5.41) is 3.24. The van der Waals surface area contributed by atoms with Crippen LogP contribution in [0.15, 0.2) is 0 Å². The van der Waals surface area contributed by atoms with E-state index < -0.39 is 0 Å². The zero-order valence-corrected chi connectivity index (χ0v) is 11.7. The van der Waals surface area contributed by atoms with Gasteiger partial charge in [0.15, 0.2) is 0 Å². The third-order valence-electron chi connectivity index (χ3n) is 4.67. The molecule has 2 rings (SSSR count). The third-order valence-corrected chi connectivity index (χ3v) is 4.67. The van der Waals surface area contributed by atoms with Gasteiger partial charge in [-0.05, 0) is 50.4 Å². The van der Waals surface area contributed by atoms with Crippen molar-refractivity contribution in [3.8, 4) is 0 Å². The molecule has 2 atom stereocenters. The number of hydrogen-bond donors (Lipinski definition) is 2. The van der Waals surface area contributed by atoms with Gasteiger partial charge < -0.3 is 11.1 Å². The van der Waals surface area contributed by atoms with Gasteiger partial charge in [-0.25, -0.2) is 0 Å². The van der Waals surface area contributed by atoms with Crippen LogP contribution >= 0.6 is 0 Å². The van der Waals surface area contributed by atoms with Crippen LogP contribution in [0.4, 0.5) is 0 Å². The first kappa shape index (κ1) is 13.9. The molecule has 104 valence electrons. The lowest BCUT2D eigenvalue weighted by molar-refractivity contribution is -0.123. The summed E-state index contributed by atoms with van der Waals surface area (Å²) < 4.78 is 0. The molecule has 0 saturated heterocycles.